The van der Waals surface area contributed by atoms with Crippen LogP contribution in [-0.4, -0.2) is 49.6 Å². The molecule has 0 spiro atoms. The number of nitrogens with one attached hydrogen (secondary N) is 1. The lowest BCUT2D eigenvalue weighted by Gasteiger charge is -2.19. The zero-order valence-corrected chi connectivity index (χ0v) is 13.6. The van der Waals surface area contributed by atoms with Gasteiger partial charge in [-0.25, -0.2) is 0 Å². The van der Waals surface area contributed by atoms with Gasteiger partial charge in [0.15, 0.2) is 0 Å². The highest BCUT2D eigenvalue weighted by Crippen LogP contribution is 2.08. The molecule has 0 fully saturated rings. The molecule has 6 heteroatoms. The number of thiophene rings is 1. The molecule has 1 aromatic heterocycles. The number of carbonyl (C=O) groups excluding carboxylic acids is 2. The molecule has 0 saturated carbocycles. The van der Waals surface area contributed by atoms with E-state index in [9.17, 15) is 9.59 Å². The van der Waals surface area contributed by atoms with Gasteiger partial charge in [0, 0.05) is 11.4 Å². The molecule has 0 aliphatic carbocycles. The third kappa shape index (κ3) is 7.82. The maximum Gasteiger partial charge on any atom is 0.320 e. The maximum absolute atomic E-state index is 11.9. The van der Waals surface area contributed by atoms with Crippen LogP contribution >= 0.6 is 11.3 Å². The Hall–Kier alpha value is -1.40. The number of esters is 1. The molecular weight excluding hydrogens is 288 g/mol. The predicted molar refractivity (Wildman–Crippen MR) is 84.4 cm³/mol. The van der Waals surface area contributed by atoms with Crippen molar-refractivity contribution in [2.24, 2.45) is 0 Å². The van der Waals surface area contributed by atoms with Crippen LogP contribution in [0.2, 0.25) is 0 Å². The summed E-state index contributed by atoms with van der Waals surface area (Å²) in [5.41, 5.74) is 0. The van der Waals surface area contributed by atoms with E-state index in [-0.39, 0.29) is 25.0 Å². The minimum Gasteiger partial charge on any atom is -0.465 e. The molecule has 1 aromatic rings. The molecule has 0 aliphatic heterocycles. The molecule has 1 heterocycles. The van der Waals surface area contributed by atoms with Crippen LogP contribution in [0.15, 0.2) is 17.5 Å². The van der Waals surface area contributed by atoms with Crippen LogP contribution in [0.3, 0.4) is 0 Å². The van der Waals surface area contributed by atoms with Crippen LogP contribution in [0.5, 0.6) is 0 Å². The summed E-state index contributed by atoms with van der Waals surface area (Å²) in [6.45, 7) is 5.89. The zero-order chi connectivity index (χ0) is 15.5. The van der Waals surface area contributed by atoms with Crippen molar-refractivity contribution in [2.45, 2.75) is 26.7 Å². The minimum absolute atomic E-state index is 0.0516. The first-order chi connectivity index (χ1) is 10.2. The Morgan fingerprint density at radius 1 is 1.33 bits per heavy atom. The largest absolute Gasteiger partial charge is 0.465 e. The Bertz CT molecular complexity index is 421. The van der Waals surface area contributed by atoms with E-state index in [1.54, 1.807) is 18.3 Å². The Morgan fingerprint density at radius 3 is 2.76 bits per heavy atom. The van der Waals surface area contributed by atoms with Crippen LogP contribution < -0.4 is 5.32 Å². The number of carbonyl (C=O) groups is 2. The third-order valence-electron chi connectivity index (χ3n) is 2.84. The van der Waals surface area contributed by atoms with Gasteiger partial charge >= 0.3 is 5.97 Å². The SMILES string of the molecule is CCCN(CC(=O)NCCc1cccs1)CC(=O)OCC. The molecule has 0 unspecified atom stereocenters. The Balaban J connectivity index is 2.28. The lowest BCUT2D eigenvalue weighted by molar-refractivity contribution is -0.144. The highest BCUT2D eigenvalue weighted by atomic mass is 32.1. The second kappa shape index (κ2) is 10.3. The van der Waals surface area contributed by atoms with Gasteiger partial charge in [0.2, 0.25) is 5.91 Å². The lowest BCUT2D eigenvalue weighted by atomic mass is 10.3. The first-order valence-electron chi connectivity index (χ1n) is 7.32. The summed E-state index contributed by atoms with van der Waals surface area (Å²) < 4.78 is 4.92. The zero-order valence-electron chi connectivity index (χ0n) is 12.8. The van der Waals surface area contributed by atoms with Crippen LogP contribution in [0, 0.1) is 0 Å². The summed E-state index contributed by atoms with van der Waals surface area (Å²) in [6, 6.07) is 4.06. The fourth-order valence-corrected chi connectivity index (χ4v) is 2.67. The Kier molecular flexibility index (Phi) is 8.69. The van der Waals surface area contributed by atoms with Crippen molar-refractivity contribution < 1.29 is 14.3 Å². The smallest absolute Gasteiger partial charge is 0.320 e. The van der Waals surface area contributed by atoms with Crippen LogP contribution in [0.25, 0.3) is 0 Å². The van der Waals surface area contributed by atoms with E-state index in [1.165, 1.54) is 4.88 Å². The third-order valence-corrected chi connectivity index (χ3v) is 3.77. The highest BCUT2D eigenvalue weighted by molar-refractivity contribution is 7.09. The van der Waals surface area contributed by atoms with Gasteiger partial charge in [0.1, 0.15) is 0 Å². The summed E-state index contributed by atoms with van der Waals surface area (Å²) in [6.07, 6.45) is 1.73. The summed E-state index contributed by atoms with van der Waals surface area (Å²) in [5.74, 6) is -0.332. The van der Waals surface area contributed by atoms with E-state index in [2.05, 4.69) is 11.4 Å². The summed E-state index contributed by atoms with van der Waals surface area (Å²) in [7, 11) is 0. The number of ether oxygens (including phenoxy) is 1. The van der Waals surface area contributed by atoms with Gasteiger partial charge in [-0.2, -0.15) is 0 Å². The van der Waals surface area contributed by atoms with Crippen LogP contribution in [0.1, 0.15) is 25.1 Å². The molecule has 0 aliphatic rings. The van der Waals surface area contributed by atoms with Crippen molar-refractivity contribution in [3.8, 4) is 0 Å². The summed E-state index contributed by atoms with van der Waals surface area (Å²) in [5, 5.41) is 4.92. The van der Waals surface area contributed by atoms with Crippen molar-refractivity contribution in [2.75, 3.05) is 32.8 Å². The van der Waals surface area contributed by atoms with Gasteiger partial charge in [-0.05, 0) is 37.8 Å². The van der Waals surface area contributed by atoms with Crippen molar-refractivity contribution in [1.82, 2.24) is 10.2 Å². The fraction of sp³-hybridized carbons (Fsp3) is 0.600. The van der Waals surface area contributed by atoms with E-state index >= 15 is 0 Å². The summed E-state index contributed by atoms with van der Waals surface area (Å²) >= 11 is 1.69. The highest BCUT2D eigenvalue weighted by Gasteiger charge is 2.14. The second-order valence-electron chi connectivity index (χ2n) is 4.69. The van der Waals surface area contributed by atoms with Crippen LogP contribution in [0.4, 0.5) is 0 Å². The molecule has 0 atom stereocenters. The average molecular weight is 312 g/mol. The summed E-state index contributed by atoms with van der Waals surface area (Å²) in [4.78, 5) is 26.5. The second-order valence-corrected chi connectivity index (χ2v) is 5.73. The van der Waals surface area contributed by atoms with E-state index in [1.807, 2.05) is 23.3 Å². The van der Waals surface area contributed by atoms with Crippen molar-refractivity contribution in [1.29, 1.82) is 0 Å². The molecule has 1 rings (SSSR count). The number of amides is 1. The van der Waals surface area contributed by atoms with Gasteiger partial charge in [-0.15, -0.1) is 11.3 Å². The van der Waals surface area contributed by atoms with Crippen molar-refractivity contribution in [3.05, 3.63) is 22.4 Å². The Morgan fingerprint density at radius 2 is 2.14 bits per heavy atom. The van der Waals surface area contributed by atoms with Gasteiger partial charge in [0.05, 0.1) is 19.7 Å². The van der Waals surface area contributed by atoms with E-state index in [0.29, 0.717) is 19.7 Å². The standard InChI is InChI=1S/C15H24N2O3S/c1-3-9-17(12-15(19)20-4-2)11-14(18)16-8-7-13-6-5-10-21-13/h5-6,10H,3-4,7-9,11-12H2,1-2H3,(H,16,18). The molecule has 5 nitrogen and oxygen atoms in total. The van der Waals surface area contributed by atoms with Gasteiger partial charge in [0.25, 0.3) is 0 Å². The molecule has 0 aromatic carbocycles. The molecule has 0 saturated heterocycles. The van der Waals surface area contributed by atoms with Gasteiger partial charge in [-0.1, -0.05) is 13.0 Å². The molecule has 21 heavy (non-hydrogen) atoms. The first kappa shape index (κ1) is 17.7. The lowest BCUT2D eigenvalue weighted by Crippen LogP contribution is -2.41. The molecule has 0 radical (unpaired) electrons. The van der Waals surface area contributed by atoms with E-state index in [4.69, 9.17) is 4.74 Å². The topological polar surface area (TPSA) is 58.6 Å². The normalized spacial score (nSPS) is 10.6. The monoisotopic (exact) mass is 312 g/mol. The quantitative estimate of drug-likeness (QED) is 0.668. The Labute approximate surface area is 130 Å². The molecule has 0 bridgehead atoms. The van der Waals surface area contributed by atoms with Gasteiger partial charge in [-0.3, -0.25) is 14.5 Å². The maximum atomic E-state index is 11.9. The molecule has 118 valence electrons. The van der Waals surface area contributed by atoms with Crippen molar-refractivity contribution in [3.63, 3.8) is 0 Å². The number of nitrogens with zero attached hydrogens (tertiary/aromatic N) is 1. The number of hydrogen-bond acceptors (Lipinski definition) is 5. The average Bonchev–Trinajstić information content (AvgIpc) is 2.92. The number of hydrogen-bond donors (Lipinski definition) is 1. The molecule has 1 N–H and O–H groups in total. The van der Waals surface area contributed by atoms with Crippen LogP contribution in [-0.2, 0) is 20.7 Å². The fourth-order valence-electron chi connectivity index (χ4n) is 1.96. The van der Waals surface area contributed by atoms with E-state index in [0.717, 1.165) is 12.8 Å². The predicted octanol–water partition coefficient (Wildman–Crippen LogP) is 1.68. The molecular formula is C15H24N2O3S. The molecule has 1 amide bonds. The van der Waals surface area contributed by atoms with Crippen molar-refractivity contribution >= 4 is 23.2 Å². The van der Waals surface area contributed by atoms with E-state index < -0.39 is 0 Å². The minimum atomic E-state index is -0.280. The van der Waals surface area contributed by atoms with Gasteiger partial charge < -0.3 is 10.1 Å². The first-order valence-corrected chi connectivity index (χ1v) is 8.20. The number of rotatable bonds is 10.